The molecule has 0 saturated carbocycles. The Morgan fingerprint density at radius 1 is 1.09 bits per heavy atom. The van der Waals surface area contributed by atoms with Crippen LogP contribution >= 0.6 is 35.0 Å². The minimum Gasteiger partial charge on any atom is -0.458 e. The lowest BCUT2D eigenvalue weighted by Crippen LogP contribution is -2.09. The number of amides is 1. The number of esters is 1. The van der Waals surface area contributed by atoms with Crippen LogP contribution in [0.25, 0.3) is 0 Å². The van der Waals surface area contributed by atoms with E-state index in [0.29, 0.717) is 22.4 Å². The van der Waals surface area contributed by atoms with Gasteiger partial charge < -0.3 is 15.0 Å². The zero-order chi connectivity index (χ0) is 24.5. The summed E-state index contributed by atoms with van der Waals surface area (Å²) in [5.41, 5.74) is 6.56. The minimum atomic E-state index is -0.333. The molecular formula is C24H27Cl2N3O3S. The van der Waals surface area contributed by atoms with Crippen LogP contribution in [-0.4, -0.2) is 21.4 Å². The zero-order valence-electron chi connectivity index (χ0n) is 19.0. The van der Waals surface area contributed by atoms with Gasteiger partial charge in [0.1, 0.15) is 17.5 Å². The Morgan fingerprint density at radius 3 is 2.18 bits per heavy atom. The Kier molecular flexibility index (Phi) is 10.3. The molecule has 0 spiro atoms. The van der Waals surface area contributed by atoms with Crippen molar-refractivity contribution in [1.29, 1.82) is 0 Å². The molecule has 176 valence electrons. The van der Waals surface area contributed by atoms with E-state index in [1.165, 1.54) is 13.8 Å². The maximum absolute atomic E-state index is 11.4. The molecule has 9 heteroatoms. The van der Waals surface area contributed by atoms with Crippen molar-refractivity contribution in [3.8, 4) is 0 Å². The van der Waals surface area contributed by atoms with Gasteiger partial charge in [-0.15, -0.1) is 0 Å². The molecule has 1 aromatic heterocycles. The lowest BCUT2D eigenvalue weighted by atomic mass is 10.1. The highest BCUT2D eigenvalue weighted by atomic mass is 35.5. The largest absolute Gasteiger partial charge is 0.458 e. The normalized spacial score (nSPS) is 10.5. The number of nitrogens with zero attached hydrogens (tertiary/aromatic N) is 2. The third-order valence-corrected chi connectivity index (χ3v) is 5.74. The molecule has 3 aromatic rings. The van der Waals surface area contributed by atoms with E-state index < -0.39 is 0 Å². The van der Waals surface area contributed by atoms with Crippen molar-refractivity contribution < 1.29 is 14.3 Å². The molecule has 0 unspecified atom stereocenters. The van der Waals surface area contributed by atoms with Crippen LogP contribution in [0.3, 0.4) is 0 Å². The second-order valence-corrected chi connectivity index (χ2v) is 9.48. The molecule has 2 N–H and O–H groups in total. The molecule has 1 heterocycles. The van der Waals surface area contributed by atoms with Crippen molar-refractivity contribution in [3.63, 3.8) is 0 Å². The smallest absolute Gasteiger partial charge is 0.303 e. The first-order chi connectivity index (χ1) is 15.6. The third kappa shape index (κ3) is 8.76. The van der Waals surface area contributed by atoms with Crippen LogP contribution in [0.2, 0.25) is 10.0 Å². The van der Waals surface area contributed by atoms with Gasteiger partial charge in [0.15, 0.2) is 0 Å². The number of nitrogens with two attached hydrogens (primary N) is 1. The predicted molar refractivity (Wildman–Crippen MR) is 133 cm³/mol. The molecule has 0 saturated heterocycles. The zero-order valence-corrected chi connectivity index (χ0v) is 21.3. The van der Waals surface area contributed by atoms with Crippen LogP contribution in [0.4, 0.5) is 0 Å². The van der Waals surface area contributed by atoms with Crippen LogP contribution in [-0.2, 0) is 27.5 Å². The Labute approximate surface area is 208 Å². The van der Waals surface area contributed by atoms with Crippen LogP contribution in [0.5, 0.6) is 0 Å². The van der Waals surface area contributed by atoms with E-state index in [2.05, 4.69) is 36.3 Å². The first-order valence-corrected chi connectivity index (χ1v) is 11.8. The standard InChI is InChI=1S/C22H22Cl2N2O2S.C2H5NO/c1-14(2)21-22(29-19-10-17(23)9-18(24)11-19)26(12-16-7-5-4-6-8-16)20(25-21)13-28-15(3)27;1-2(3)4/h4-11,14H,12-13H2,1-3H3;1H3,(H2,3,4). The van der Waals surface area contributed by atoms with Crippen molar-refractivity contribution in [1.82, 2.24) is 9.55 Å². The van der Waals surface area contributed by atoms with E-state index in [1.807, 2.05) is 30.3 Å². The van der Waals surface area contributed by atoms with Gasteiger partial charge in [0.05, 0.1) is 5.69 Å². The number of hydrogen-bond donors (Lipinski definition) is 1. The highest BCUT2D eigenvalue weighted by Gasteiger charge is 2.21. The second-order valence-electron chi connectivity index (χ2n) is 7.54. The molecule has 0 aliphatic heterocycles. The Morgan fingerprint density at radius 2 is 1.67 bits per heavy atom. The van der Waals surface area contributed by atoms with Gasteiger partial charge in [-0.25, -0.2) is 4.98 Å². The fourth-order valence-electron chi connectivity index (χ4n) is 2.89. The maximum Gasteiger partial charge on any atom is 0.303 e. The lowest BCUT2D eigenvalue weighted by molar-refractivity contribution is -0.142. The average Bonchev–Trinajstić information content (AvgIpc) is 3.03. The van der Waals surface area contributed by atoms with Gasteiger partial charge in [-0.05, 0) is 29.7 Å². The molecule has 0 bridgehead atoms. The van der Waals surface area contributed by atoms with Gasteiger partial charge in [0.25, 0.3) is 0 Å². The SMILES string of the molecule is CC(=O)OCc1nc(C(C)C)c(Sc2cc(Cl)cc(Cl)c2)n1Cc1ccccc1.CC(N)=O. The van der Waals surface area contributed by atoms with E-state index >= 15 is 0 Å². The molecule has 1 amide bonds. The number of primary amides is 1. The number of carbonyl (C=O) groups excluding carboxylic acids is 2. The quantitative estimate of drug-likeness (QED) is 0.392. The van der Waals surface area contributed by atoms with E-state index in [9.17, 15) is 9.59 Å². The molecule has 0 radical (unpaired) electrons. The molecule has 3 rings (SSSR count). The molecule has 0 aliphatic rings. The van der Waals surface area contributed by atoms with E-state index in [4.69, 9.17) is 32.9 Å². The molecule has 0 fully saturated rings. The van der Waals surface area contributed by atoms with Crippen molar-refractivity contribution >= 4 is 46.8 Å². The first-order valence-electron chi connectivity index (χ1n) is 10.2. The summed E-state index contributed by atoms with van der Waals surface area (Å²) in [4.78, 5) is 26.4. The number of hydrogen-bond acceptors (Lipinski definition) is 5. The highest BCUT2D eigenvalue weighted by molar-refractivity contribution is 7.99. The lowest BCUT2D eigenvalue weighted by Gasteiger charge is -2.14. The summed E-state index contributed by atoms with van der Waals surface area (Å²) >= 11 is 14.0. The summed E-state index contributed by atoms with van der Waals surface area (Å²) in [6.45, 7) is 7.64. The van der Waals surface area contributed by atoms with Gasteiger partial charge >= 0.3 is 5.97 Å². The summed E-state index contributed by atoms with van der Waals surface area (Å²) < 4.78 is 7.37. The molecule has 2 aromatic carbocycles. The van der Waals surface area contributed by atoms with Crippen LogP contribution < -0.4 is 5.73 Å². The van der Waals surface area contributed by atoms with Crippen molar-refractivity contribution in [2.75, 3.05) is 0 Å². The van der Waals surface area contributed by atoms with E-state index in [-0.39, 0.29) is 24.4 Å². The molecule has 0 atom stereocenters. The highest BCUT2D eigenvalue weighted by Crippen LogP contribution is 2.37. The van der Waals surface area contributed by atoms with Gasteiger partial charge in [-0.3, -0.25) is 9.59 Å². The minimum absolute atomic E-state index is 0.124. The van der Waals surface area contributed by atoms with Gasteiger partial charge in [0.2, 0.25) is 5.91 Å². The average molecular weight is 508 g/mol. The van der Waals surface area contributed by atoms with E-state index in [1.54, 1.807) is 17.8 Å². The van der Waals surface area contributed by atoms with Gasteiger partial charge in [-0.1, -0.05) is 79.1 Å². The summed E-state index contributed by atoms with van der Waals surface area (Å²) in [5, 5.41) is 2.16. The van der Waals surface area contributed by atoms with E-state index in [0.717, 1.165) is 21.2 Å². The number of benzene rings is 2. The topological polar surface area (TPSA) is 87.2 Å². The summed E-state index contributed by atoms with van der Waals surface area (Å²) in [6, 6.07) is 15.6. The van der Waals surface area contributed by atoms with Gasteiger partial charge in [-0.2, -0.15) is 0 Å². The number of imidazole rings is 1. The fraction of sp³-hybridized carbons (Fsp3) is 0.292. The summed E-state index contributed by atoms with van der Waals surface area (Å²) in [7, 11) is 0. The number of rotatable bonds is 7. The number of aromatic nitrogens is 2. The molecule has 6 nitrogen and oxygen atoms in total. The fourth-order valence-corrected chi connectivity index (χ4v) is 4.81. The Balaban J connectivity index is 0.000000890. The van der Waals surface area contributed by atoms with Crippen molar-refractivity contribution in [3.05, 3.63) is 75.7 Å². The van der Waals surface area contributed by atoms with Crippen LogP contribution in [0.1, 0.15) is 50.7 Å². The first kappa shape index (κ1) is 26.8. The molecule has 33 heavy (non-hydrogen) atoms. The molecular weight excluding hydrogens is 481 g/mol. The number of carbonyl (C=O) groups is 2. The summed E-state index contributed by atoms with van der Waals surface area (Å²) in [6.07, 6.45) is 0. The Bertz CT molecular complexity index is 1080. The summed E-state index contributed by atoms with van der Waals surface area (Å²) in [5.74, 6) is 0.241. The monoisotopic (exact) mass is 507 g/mol. The van der Waals surface area contributed by atoms with Gasteiger partial charge in [0, 0.05) is 35.3 Å². The Hall–Kier alpha value is -2.48. The number of halogens is 2. The third-order valence-electron chi connectivity index (χ3n) is 4.21. The van der Waals surface area contributed by atoms with Crippen LogP contribution in [0.15, 0.2) is 58.5 Å². The second kappa shape index (κ2) is 12.7. The number of ether oxygens (including phenoxy) is 1. The van der Waals surface area contributed by atoms with Crippen molar-refractivity contribution in [2.24, 2.45) is 5.73 Å². The van der Waals surface area contributed by atoms with Crippen LogP contribution in [0, 0.1) is 0 Å². The predicted octanol–water partition coefficient (Wildman–Crippen LogP) is 6.07. The maximum atomic E-state index is 11.4. The van der Waals surface area contributed by atoms with Crippen molar-refractivity contribution in [2.45, 2.75) is 56.7 Å². The molecule has 0 aliphatic carbocycles.